The summed E-state index contributed by atoms with van der Waals surface area (Å²) < 4.78 is 0. The molecule has 4 heteroatoms. The second kappa shape index (κ2) is 9.11. The summed E-state index contributed by atoms with van der Waals surface area (Å²) in [7, 11) is 0. The molecule has 2 aromatic carbocycles. The second-order valence-corrected chi connectivity index (χ2v) is 8.62. The molecule has 1 fully saturated rings. The van der Waals surface area contributed by atoms with Crippen molar-refractivity contribution in [2.75, 3.05) is 18.4 Å². The van der Waals surface area contributed by atoms with Crippen LogP contribution in [0.2, 0.25) is 5.02 Å². The van der Waals surface area contributed by atoms with Gasteiger partial charge in [0.2, 0.25) is 5.91 Å². The van der Waals surface area contributed by atoms with E-state index >= 15 is 0 Å². The Labute approximate surface area is 173 Å². The fourth-order valence-corrected chi connectivity index (χ4v) is 4.89. The zero-order valence-corrected chi connectivity index (χ0v) is 17.1. The van der Waals surface area contributed by atoms with Crippen molar-refractivity contribution < 1.29 is 4.79 Å². The van der Waals surface area contributed by atoms with Gasteiger partial charge in [-0.1, -0.05) is 48.0 Å². The minimum absolute atomic E-state index is 0.0689. The first kappa shape index (κ1) is 19.5. The lowest BCUT2D eigenvalue weighted by molar-refractivity contribution is -0.116. The lowest BCUT2D eigenvalue weighted by Crippen LogP contribution is -2.44. The Morgan fingerprint density at radius 1 is 1.00 bits per heavy atom. The first-order chi connectivity index (χ1) is 13.7. The number of likely N-dealkylation sites (tertiary alicyclic amines) is 1. The average molecular weight is 397 g/mol. The molecule has 2 aliphatic rings. The smallest absolute Gasteiger partial charge is 0.224 e. The zero-order valence-electron chi connectivity index (χ0n) is 16.4. The number of rotatable bonds is 5. The molecule has 1 amide bonds. The van der Waals surface area contributed by atoms with Gasteiger partial charge in [0, 0.05) is 12.5 Å². The van der Waals surface area contributed by atoms with Gasteiger partial charge in [-0.25, -0.2) is 0 Å². The molecular weight excluding hydrogens is 368 g/mol. The highest BCUT2D eigenvalue weighted by Gasteiger charge is 2.28. The second-order valence-electron chi connectivity index (χ2n) is 8.21. The molecule has 4 rings (SSSR count). The summed E-state index contributed by atoms with van der Waals surface area (Å²) in [6.07, 6.45) is 7.64. The number of benzene rings is 2. The number of para-hydroxylation sites is 1. The predicted molar refractivity (Wildman–Crippen MR) is 116 cm³/mol. The minimum atomic E-state index is 0.0689. The lowest BCUT2D eigenvalue weighted by Gasteiger charge is -2.39. The maximum Gasteiger partial charge on any atom is 0.224 e. The van der Waals surface area contributed by atoms with Gasteiger partial charge in [-0.3, -0.25) is 4.79 Å². The normalized spacial score (nSPS) is 20.5. The molecule has 1 unspecified atom stereocenters. The van der Waals surface area contributed by atoms with Crippen LogP contribution in [0.4, 0.5) is 5.69 Å². The van der Waals surface area contributed by atoms with E-state index in [-0.39, 0.29) is 5.91 Å². The number of carbonyl (C=O) groups is 1. The number of hydrogen-bond donors (Lipinski definition) is 1. The van der Waals surface area contributed by atoms with E-state index in [1.807, 2.05) is 18.2 Å². The number of nitrogens with one attached hydrogen (secondary N) is 1. The third kappa shape index (κ3) is 4.76. The first-order valence-corrected chi connectivity index (χ1v) is 10.9. The number of piperidine rings is 1. The van der Waals surface area contributed by atoms with E-state index in [0.717, 1.165) is 6.42 Å². The molecule has 1 aliphatic carbocycles. The van der Waals surface area contributed by atoms with E-state index in [0.29, 0.717) is 29.1 Å². The van der Waals surface area contributed by atoms with Gasteiger partial charge in [-0.15, -0.1) is 0 Å². The molecule has 0 aromatic heterocycles. The van der Waals surface area contributed by atoms with E-state index < -0.39 is 0 Å². The topological polar surface area (TPSA) is 32.3 Å². The molecule has 0 saturated carbocycles. The van der Waals surface area contributed by atoms with Gasteiger partial charge in [0.15, 0.2) is 0 Å². The van der Waals surface area contributed by atoms with Gasteiger partial charge < -0.3 is 10.2 Å². The quantitative estimate of drug-likeness (QED) is 0.740. The highest BCUT2D eigenvalue weighted by molar-refractivity contribution is 6.33. The average Bonchev–Trinajstić information content (AvgIpc) is 2.74. The van der Waals surface area contributed by atoms with Crippen LogP contribution in [-0.4, -0.2) is 29.9 Å². The summed E-state index contributed by atoms with van der Waals surface area (Å²) in [5, 5.41) is 3.53. The summed E-state index contributed by atoms with van der Waals surface area (Å²) in [4.78, 5) is 14.9. The van der Waals surface area contributed by atoms with Gasteiger partial charge >= 0.3 is 0 Å². The summed E-state index contributed by atoms with van der Waals surface area (Å²) in [5.74, 6) is 0.725. The number of halogens is 1. The Kier molecular flexibility index (Phi) is 6.33. The summed E-state index contributed by atoms with van der Waals surface area (Å²) >= 11 is 6.12. The molecule has 1 N–H and O–H groups in total. The van der Waals surface area contributed by atoms with E-state index in [4.69, 9.17) is 11.6 Å². The SMILES string of the molecule is O=C(CCC1CCN(C2CCc3ccccc3C2)CC1)Nc1ccccc1Cl. The highest BCUT2D eigenvalue weighted by Crippen LogP contribution is 2.29. The van der Waals surface area contributed by atoms with Crippen molar-refractivity contribution in [1.82, 2.24) is 4.90 Å². The number of nitrogens with zero attached hydrogens (tertiary/aromatic N) is 1. The van der Waals surface area contributed by atoms with Crippen molar-refractivity contribution >= 4 is 23.2 Å². The molecular formula is C24H29ClN2O. The van der Waals surface area contributed by atoms with Crippen molar-refractivity contribution in [1.29, 1.82) is 0 Å². The van der Waals surface area contributed by atoms with Crippen molar-refractivity contribution in [2.24, 2.45) is 5.92 Å². The fraction of sp³-hybridized carbons (Fsp3) is 0.458. The molecule has 0 spiro atoms. The minimum Gasteiger partial charge on any atom is -0.325 e. The van der Waals surface area contributed by atoms with E-state index in [2.05, 4.69) is 34.5 Å². The number of anilines is 1. The van der Waals surface area contributed by atoms with Crippen LogP contribution in [0, 0.1) is 5.92 Å². The van der Waals surface area contributed by atoms with Gasteiger partial charge in [-0.2, -0.15) is 0 Å². The van der Waals surface area contributed by atoms with E-state index in [9.17, 15) is 4.79 Å². The predicted octanol–water partition coefficient (Wildman–Crippen LogP) is 5.33. The van der Waals surface area contributed by atoms with Crippen LogP contribution in [0.15, 0.2) is 48.5 Å². The van der Waals surface area contributed by atoms with Gasteiger partial charge in [0.1, 0.15) is 0 Å². The molecule has 1 saturated heterocycles. The first-order valence-electron chi connectivity index (χ1n) is 10.5. The standard InChI is InChI=1S/C24H29ClN2O/c25-22-7-3-4-8-23(22)26-24(28)12-9-18-13-15-27(16-14-18)21-11-10-19-5-1-2-6-20(19)17-21/h1-8,18,21H,9-17H2,(H,26,28). The monoisotopic (exact) mass is 396 g/mol. The molecule has 148 valence electrons. The molecule has 0 bridgehead atoms. The van der Waals surface area contributed by atoms with E-state index in [1.165, 1.54) is 56.3 Å². The third-order valence-corrected chi connectivity index (χ3v) is 6.74. The Balaban J connectivity index is 1.21. The van der Waals surface area contributed by atoms with Crippen molar-refractivity contribution in [3.8, 4) is 0 Å². The zero-order chi connectivity index (χ0) is 19.3. The Morgan fingerprint density at radius 3 is 2.50 bits per heavy atom. The van der Waals surface area contributed by atoms with Crippen LogP contribution in [0.3, 0.4) is 0 Å². The summed E-state index contributed by atoms with van der Waals surface area (Å²) in [6, 6.07) is 17.0. The molecule has 2 aromatic rings. The van der Waals surface area contributed by atoms with Crippen molar-refractivity contribution in [2.45, 2.75) is 51.0 Å². The number of hydrogen-bond acceptors (Lipinski definition) is 2. The highest BCUT2D eigenvalue weighted by atomic mass is 35.5. The molecule has 28 heavy (non-hydrogen) atoms. The Hall–Kier alpha value is -1.84. The Morgan fingerprint density at radius 2 is 1.71 bits per heavy atom. The molecule has 1 heterocycles. The number of fused-ring (bicyclic) bond motifs is 1. The number of carbonyl (C=O) groups excluding carboxylic acids is 1. The number of aryl methyl sites for hydroxylation is 1. The molecule has 3 nitrogen and oxygen atoms in total. The third-order valence-electron chi connectivity index (χ3n) is 6.41. The molecule has 1 atom stereocenters. The van der Waals surface area contributed by atoms with Gasteiger partial charge in [0.05, 0.1) is 10.7 Å². The maximum atomic E-state index is 12.3. The fourth-order valence-electron chi connectivity index (χ4n) is 4.71. The maximum absolute atomic E-state index is 12.3. The largest absolute Gasteiger partial charge is 0.325 e. The van der Waals surface area contributed by atoms with Crippen LogP contribution in [0.5, 0.6) is 0 Å². The van der Waals surface area contributed by atoms with E-state index in [1.54, 1.807) is 6.07 Å². The van der Waals surface area contributed by atoms with Gasteiger partial charge in [0.25, 0.3) is 0 Å². The molecule has 1 aliphatic heterocycles. The molecule has 0 radical (unpaired) electrons. The van der Waals surface area contributed by atoms with Crippen LogP contribution in [-0.2, 0) is 17.6 Å². The van der Waals surface area contributed by atoms with Gasteiger partial charge in [-0.05, 0) is 80.8 Å². The van der Waals surface area contributed by atoms with Crippen molar-refractivity contribution in [3.63, 3.8) is 0 Å². The Bertz CT molecular complexity index is 814. The lowest BCUT2D eigenvalue weighted by atomic mass is 9.85. The van der Waals surface area contributed by atoms with Crippen molar-refractivity contribution in [3.05, 3.63) is 64.7 Å². The summed E-state index contributed by atoms with van der Waals surface area (Å²) in [5.41, 5.74) is 3.79. The number of amides is 1. The van der Waals surface area contributed by atoms with Crippen LogP contribution >= 0.6 is 11.6 Å². The van der Waals surface area contributed by atoms with Crippen LogP contribution in [0.25, 0.3) is 0 Å². The van der Waals surface area contributed by atoms with Crippen LogP contribution in [0.1, 0.15) is 43.2 Å². The van der Waals surface area contributed by atoms with Crippen LogP contribution < -0.4 is 5.32 Å². The summed E-state index contributed by atoms with van der Waals surface area (Å²) in [6.45, 7) is 2.34.